The van der Waals surface area contributed by atoms with Gasteiger partial charge in [-0.05, 0) is 30.7 Å². The Morgan fingerprint density at radius 3 is 2.84 bits per heavy atom. The minimum Gasteiger partial charge on any atom is -0.335 e. The van der Waals surface area contributed by atoms with Crippen molar-refractivity contribution < 1.29 is 17.5 Å². The zero-order chi connectivity index (χ0) is 18.0. The maximum atomic E-state index is 11.0. The minimum absolute atomic E-state index is 0.260. The molecule has 0 atom stereocenters. The summed E-state index contributed by atoms with van der Waals surface area (Å²) in [7, 11) is -1.99. The summed E-state index contributed by atoms with van der Waals surface area (Å²) in [4.78, 5) is 3.10. The highest BCUT2D eigenvalue weighted by atomic mass is 35.5. The van der Waals surface area contributed by atoms with Crippen LogP contribution in [0.2, 0.25) is 5.02 Å². The van der Waals surface area contributed by atoms with Crippen molar-refractivity contribution >= 4 is 45.2 Å². The van der Waals surface area contributed by atoms with Gasteiger partial charge in [0.2, 0.25) is 5.69 Å². The fourth-order valence-corrected chi connectivity index (χ4v) is 4.54. The van der Waals surface area contributed by atoms with Crippen molar-refractivity contribution in [2.75, 3.05) is 17.2 Å². The number of thioether (sulfide) groups is 1. The molecular weight excluding hydrogens is 380 g/mol. The number of benzene rings is 1. The first kappa shape index (κ1) is 18.3. The highest BCUT2D eigenvalue weighted by Gasteiger charge is 2.26. The molecule has 0 unspecified atom stereocenters. The molecule has 2 aromatic rings. The summed E-state index contributed by atoms with van der Waals surface area (Å²) in [5.74, 6) is -0.260. The van der Waals surface area contributed by atoms with Gasteiger partial charge in [0.1, 0.15) is 7.05 Å². The molecule has 0 amide bonds. The van der Waals surface area contributed by atoms with Crippen LogP contribution in [0.15, 0.2) is 52.5 Å². The molecule has 0 saturated carbocycles. The number of hydrogen-bond donors (Lipinski definition) is 1. The van der Waals surface area contributed by atoms with Crippen molar-refractivity contribution in [2.45, 2.75) is 11.3 Å². The van der Waals surface area contributed by atoms with Crippen LogP contribution >= 0.6 is 23.4 Å². The van der Waals surface area contributed by atoms with Gasteiger partial charge in [0, 0.05) is 34.7 Å². The Balaban J connectivity index is 1.92. The predicted octanol–water partition coefficient (Wildman–Crippen LogP) is 3.35. The topological polar surface area (TPSA) is 61.5 Å². The van der Waals surface area contributed by atoms with E-state index in [-0.39, 0.29) is 5.75 Å². The number of rotatable bonds is 5. The molecule has 1 aliphatic rings. The third-order valence-corrected chi connectivity index (χ3v) is 5.98. The Morgan fingerprint density at radius 2 is 2.12 bits per heavy atom. The van der Waals surface area contributed by atoms with Gasteiger partial charge in [-0.15, -0.1) is 0 Å². The Bertz CT molecular complexity index is 929. The van der Waals surface area contributed by atoms with Gasteiger partial charge in [-0.2, -0.15) is 8.42 Å². The zero-order valence-corrected chi connectivity index (χ0v) is 16.0. The van der Waals surface area contributed by atoms with Crippen molar-refractivity contribution in [1.82, 2.24) is 0 Å². The van der Waals surface area contributed by atoms with Crippen LogP contribution in [0.1, 0.15) is 12.1 Å². The van der Waals surface area contributed by atoms with Crippen LogP contribution in [0, 0.1) is 0 Å². The number of aryl methyl sites for hydroxylation is 1. The molecule has 25 heavy (non-hydrogen) atoms. The molecule has 1 aromatic heterocycles. The zero-order valence-electron chi connectivity index (χ0n) is 13.6. The predicted molar refractivity (Wildman–Crippen MR) is 101 cm³/mol. The molecular formula is C17H18ClN2O3S2+. The monoisotopic (exact) mass is 397 g/mol. The largest absolute Gasteiger partial charge is 0.335 e. The van der Waals surface area contributed by atoms with E-state index in [0.717, 1.165) is 21.3 Å². The van der Waals surface area contributed by atoms with Crippen LogP contribution in [-0.4, -0.2) is 25.3 Å². The average molecular weight is 398 g/mol. The van der Waals surface area contributed by atoms with Gasteiger partial charge in [0.25, 0.3) is 10.1 Å². The Morgan fingerprint density at radius 1 is 1.32 bits per heavy atom. The maximum Gasteiger partial charge on any atom is 0.264 e. The van der Waals surface area contributed by atoms with Gasteiger partial charge in [0.15, 0.2) is 6.20 Å². The Hall–Kier alpha value is -1.54. The van der Waals surface area contributed by atoms with E-state index in [0.29, 0.717) is 18.0 Å². The summed E-state index contributed by atoms with van der Waals surface area (Å²) < 4.78 is 33.0. The normalized spacial score (nSPS) is 15.6. The molecule has 0 bridgehead atoms. The van der Waals surface area contributed by atoms with Crippen LogP contribution in [-0.2, 0) is 17.2 Å². The molecule has 0 spiro atoms. The standard InChI is InChI=1S/C17H17ClN2O3S2/c1-19-8-3-2-5-14(19)12-17-20(9-4-10-25(21,22)23)15-7-6-13(18)11-16(15)24-17/h2-3,5-8,11-12H,4,9-10H2,1H3/p+1. The molecule has 3 rings (SSSR count). The fraction of sp³-hybridized carbons (Fsp3) is 0.235. The van der Waals surface area contributed by atoms with Gasteiger partial charge in [-0.3, -0.25) is 4.55 Å². The second-order valence-corrected chi connectivity index (χ2v) is 8.80. The quantitative estimate of drug-likeness (QED) is 0.619. The molecule has 132 valence electrons. The maximum absolute atomic E-state index is 11.0. The molecule has 8 heteroatoms. The summed E-state index contributed by atoms with van der Waals surface area (Å²) in [6.07, 6.45) is 4.37. The van der Waals surface area contributed by atoms with Crippen LogP contribution < -0.4 is 9.47 Å². The summed E-state index contributed by atoms with van der Waals surface area (Å²) in [5.41, 5.74) is 2.03. The highest BCUT2D eigenvalue weighted by molar-refractivity contribution is 8.03. The highest BCUT2D eigenvalue weighted by Crippen LogP contribution is 2.47. The Labute approximate surface area is 156 Å². The van der Waals surface area contributed by atoms with Gasteiger partial charge in [-0.1, -0.05) is 23.4 Å². The summed E-state index contributed by atoms with van der Waals surface area (Å²) in [5, 5.41) is 1.66. The van der Waals surface area contributed by atoms with E-state index in [4.69, 9.17) is 16.2 Å². The number of pyridine rings is 1. The SMILES string of the molecule is C[n+]1ccccc1/C=C1\Sc2cc(Cl)ccc2N1CCCS(=O)(=O)O. The van der Waals surface area contributed by atoms with Gasteiger partial charge in [0.05, 0.1) is 16.5 Å². The second kappa shape index (κ2) is 7.37. The number of halogens is 1. The fourth-order valence-electron chi connectivity index (χ4n) is 2.64. The van der Waals surface area contributed by atoms with E-state index < -0.39 is 10.1 Å². The molecule has 1 aliphatic heterocycles. The minimum atomic E-state index is -3.96. The van der Waals surface area contributed by atoms with Crippen molar-refractivity contribution in [1.29, 1.82) is 0 Å². The molecule has 0 fully saturated rings. The third kappa shape index (κ3) is 4.55. The molecule has 0 aliphatic carbocycles. The lowest BCUT2D eigenvalue weighted by atomic mass is 10.2. The van der Waals surface area contributed by atoms with Crippen molar-refractivity contribution in [3.63, 3.8) is 0 Å². The van der Waals surface area contributed by atoms with Crippen LogP contribution in [0.5, 0.6) is 0 Å². The molecule has 1 N–H and O–H groups in total. The van der Waals surface area contributed by atoms with Gasteiger partial charge >= 0.3 is 0 Å². The first-order chi connectivity index (χ1) is 11.8. The Kier molecular flexibility index (Phi) is 5.38. The van der Waals surface area contributed by atoms with Gasteiger partial charge < -0.3 is 4.90 Å². The molecule has 2 heterocycles. The van der Waals surface area contributed by atoms with E-state index in [1.54, 1.807) is 11.8 Å². The molecule has 0 radical (unpaired) electrons. The number of hydrogen-bond acceptors (Lipinski definition) is 4. The molecule has 1 aromatic carbocycles. The summed E-state index contributed by atoms with van der Waals surface area (Å²) >= 11 is 7.70. The van der Waals surface area contributed by atoms with Crippen molar-refractivity contribution in [3.8, 4) is 0 Å². The smallest absolute Gasteiger partial charge is 0.264 e. The van der Waals surface area contributed by atoms with Crippen molar-refractivity contribution in [2.24, 2.45) is 7.05 Å². The molecule has 0 saturated heterocycles. The second-order valence-electron chi connectivity index (χ2n) is 5.72. The van der Waals surface area contributed by atoms with E-state index >= 15 is 0 Å². The summed E-state index contributed by atoms with van der Waals surface area (Å²) in [6, 6.07) is 11.6. The number of nitrogens with zero attached hydrogens (tertiary/aromatic N) is 2. The van der Waals surface area contributed by atoms with Crippen LogP contribution in [0.4, 0.5) is 5.69 Å². The third-order valence-electron chi connectivity index (χ3n) is 3.84. The van der Waals surface area contributed by atoms with E-state index in [1.165, 1.54) is 0 Å². The lowest BCUT2D eigenvalue weighted by Gasteiger charge is -2.20. The summed E-state index contributed by atoms with van der Waals surface area (Å²) in [6.45, 7) is 0.490. The van der Waals surface area contributed by atoms with Crippen molar-refractivity contribution in [3.05, 3.63) is 58.3 Å². The van der Waals surface area contributed by atoms with Crippen LogP contribution in [0.3, 0.4) is 0 Å². The van der Waals surface area contributed by atoms with E-state index in [9.17, 15) is 8.42 Å². The number of aromatic nitrogens is 1. The van der Waals surface area contributed by atoms with E-state index in [1.807, 2.05) is 54.2 Å². The first-order valence-corrected chi connectivity index (χ1v) is 10.5. The lowest BCUT2D eigenvalue weighted by Crippen LogP contribution is -2.31. The first-order valence-electron chi connectivity index (χ1n) is 7.70. The molecule has 5 nitrogen and oxygen atoms in total. The van der Waals surface area contributed by atoms with Gasteiger partial charge in [-0.25, -0.2) is 4.57 Å². The number of fused-ring (bicyclic) bond motifs is 1. The lowest BCUT2D eigenvalue weighted by molar-refractivity contribution is -0.673. The van der Waals surface area contributed by atoms with Crippen LogP contribution in [0.25, 0.3) is 6.08 Å². The number of anilines is 1. The van der Waals surface area contributed by atoms with E-state index in [2.05, 4.69) is 11.0 Å². The average Bonchev–Trinajstić information content (AvgIpc) is 2.85.